The van der Waals surface area contributed by atoms with Crippen molar-refractivity contribution in [2.75, 3.05) is 27.9 Å². The number of para-hydroxylation sites is 1. The van der Waals surface area contributed by atoms with E-state index in [0.717, 1.165) is 22.0 Å². The van der Waals surface area contributed by atoms with E-state index in [1.807, 2.05) is 60.8 Å². The van der Waals surface area contributed by atoms with Crippen molar-refractivity contribution in [3.63, 3.8) is 0 Å². The van der Waals surface area contributed by atoms with E-state index in [0.29, 0.717) is 23.5 Å². The second-order valence-electron chi connectivity index (χ2n) is 7.85. The summed E-state index contributed by atoms with van der Waals surface area (Å²) in [6.45, 7) is -0.231. The zero-order valence-corrected chi connectivity index (χ0v) is 19.4. The zero-order valence-electron chi connectivity index (χ0n) is 19.4. The van der Waals surface area contributed by atoms with E-state index in [1.54, 1.807) is 6.07 Å². The lowest BCUT2D eigenvalue weighted by atomic mass is 9.98. The molecular weight excluding hydrogens is 432 g/mol. The molecule has 0 aliphatic rings. The monoisotopic (exact) mass is 460 g/mol. The van der Waals surface area contributed by atoms with Gasteiger partial charge in [-0.2, -0.15) is 0 Å². The van der Waals surface area contributed by atoms with Gasteiger partial charge in [0.25, 0.3) is 5.91 Å². The first kappa shape index (κ1) is 23.2. The fraction of sp³-hybridized carbons (Fsp3) is 0.222. The first-order valence-electron chi connectivity index (χ1n) is 11.0. The molecule has 1 amide bonds. The molecule has 0 aliphatic carbocycles. The molecule has 4 rings (SSSR count). The Morgan fingerprint density at radius 3 is 2.35 bits per heavy atom. The van der Waals surface area contributed by atoms with Crippen LogP contribution in [0.3, 0.4) is 0 Å². The van der Waals surface area contributed by atoms with Crippen LogP contribution in [0.1, 0.15) is 15.9 Å². The molecular formula is C27H28N2O5. The van der Waals surface area contributed by atoms with Gasteiger partial charge in [-0.05, 0) is 29.7 Å². The van der Waals surface area contributed by atoms with Crippen LogP contribution in [0.4, 0.5) is 0 Å². The Morgan fingerprint density at radius 2 is 1.68 bits per heavy atom. The minimum atomic E-state index is -0.521. The van der Waals surface area contributed by atoms with Crippen LogP contribution in [-0.4, -0.2) is 50.0 Å². The van der Waals surface area contributed by atoms with Gasteiger partial charge in [0.2, 0.25) is 0 Å². The fourth-order valence-electron chi connectivity index (χ4n) is 4.21. The van der Waals surface area contributed by atoms with E-state index in [9.17, 15) is 9.90 Å². The number of amides is 1. The number of methoxy groups -OCH3 is 3. The number of carbonyl (C=O) groups excluding carboxylic acids is 1. The van der Waals surface area contributed by atoms with Crippen molar-refractivity contribution in [3.8, 4) is 28.4 Å². The summed E-state index contributed by atoms with van der Waals surface area (Å²) >= 11 is 0. The van der Waals surface area contributed by atoms with Crippen molar-refractivity contribution in [3.05, 3.63) is 78.0 Å². The van der Waals surface area contributed by atoms with Crippen molar-refractivity contribution >= 4 is 16.8 Å². The molecule has 7 nitrogen and oxygen atoms in total. The van der Waals surface area contributed by atoms with Crippen LogP contribution in [0.15, 0.2) is 66.9 Å². The molecule has 0 saturated carbocycles. The Morgan fingerprint density at radius 1 is 0.971 bits per heavy atom. The first-order valence-corrected chi connectivity index (χ1v) is 11.0. The number of H-pyrrole nitrogens is 1. The summed E-state index contributed by atoms with van der Waals surface area (Å²) in [7, 11) is 4.51. The lowest BCUT2D eigenvalue weighted by Crippen LogP contribution is -2.39. The predicted octanol–water partition coefficient (Wildman–Crippen LogP) is 4.19. The molecule has 3 aromatic carbocycles. The van der Waals surface area contributed by atoms with Crippen molar-refractivity contribution < 1.29 is 24.1 Å². The molecule has 176 valence electrons. The molecule has 0 saturated heterocycles. The van der Waals surface area contributed by atoms with Crippen molar-refractivity contribution in [2.24, 2.45) is 0 Å². The number of aromatic amines is 1. The topological polar surface area (TPSA) is 92.8 Å². The minimum Gasteiger partial charge on any atom is -0.495 e. The van der Waals surface area contributed by atoms with Gasteiger partial charge in [-0.15, -0.1) is 0 Å². The van der Waals surface area contributed by atoms with E-state index in [-0.39, 0.29) is 17.9 Å². The quantitative estimate of drug-likeness (QED) is 0.348. The molecule has 1 aromatic heterocycles. The fourth-order valence-corrected chi connectivity index (χ4v) is 4.21. The van der Waals surface area contributed by atoms with Gasteiger partial charge in [0.1, 0.15) is 11.3 Å². The minimum absolute atomic E-state index is 0.209. The predicted molar refractivity (Wildman–Crippen MR) is 132 cm³/mol. The second-order valence-corrected chi connectivity index (χ2v) is 7.85. The zero-order chi connectivity index (χ0) is 24.1. The maximum absolute atomic E-state index is 13.6. The lowest BCUT2D eigenvalue weighted by molar-refractivity contribution is 0.0909. The summed E-state index contributed by atoms with van der Waals surface area (Å²) in [5.74, 6) is 0.610. The normalized spacial score (nSPS) is 11.8. The lowest BCUT2D eigenvalue weighted by Gasteiger charge is -2.22. The molecule has 0 spiro atoms. The molecule has 4 aromatic rings. The third-order valence-corrected chi connectivity index (χ3v) is 5.83. The van der Waals surface area contributed by atoms with Crippen molar-refractivity contribution in [2.45, 2.75) is 12.5 Å². The summed E-state index contributed by atoms with van der Waals surface area (Å²) in [5, 5.41) is 14.1. The number of aliphatic hydroxyl groups excluding tert-OH is 1. The van der Waals surface area contributed by atoms with Crippen LogP contribution in [0.5, 0.6) is 17.2 Å². The van der Waals surface area contributed by atoms with Gasteiger partial charge in [0, 0.05) is 22.7 Å². The molecule has 7 heteroatoms. The number of aliphatic hydroxyl groups is 1. The van der Waals surface area contributed by atoms with E-state index >= 15 is 0 Å². The maximum Gasteiger partial charge on any atom is 0.259 e. The molecule has 1 atom stereocenters. The summed E-state index contributed by atoms with van der Waals surface area (Å²) < 4.78 is 16.8. The van der Waals surface area contributed by atoms with E-state index in [2.05, 4.69) is 10.3 Å². The number of rotatable bonds is 9. The molecule has 3 N–H and O–H groups in total. The highest BCUT2D eigenvalue weighted by Gasteiger charge is 2.28. The van der Waals surface area contributed by atoms with E-state index in [4.69, 9.17) is 14.2 Å². The number of benzene rings is 3. The standard InChI is InChI=1S/C27H28N2O5/c1-32-23-14-21(17-9-5-4-6-10-17)25(33-2)24(26(23)34-3)27(31)29-19(16-30)13-18-15-28-22-12-8-7-11-20(18)22/h4-12,14-15,19,28,30H,13,16H2,1-3H3,(H,29,31)/t19-/m1/s1. The van der Waals surface area contributed by atoms with Crippen LogP contribution in [0.2, 0.25) is 0 Å². The van der Waals surface area contributed by atoms with E-state index < -0.39 is 11.9 Å². The van der Waals surface area contributed by atoms with Gasteiger partial charge in [0.05, 0.1) is 34.0 Å². The first-order chi connectivity index (χ1) is 16.6. The van der Waals surface area contributed by atoms with Crippen molar-refractivity contribution in [1.82, 2.24) is 10.3 Å². The molecule has 1 heterocycles. The third-order valence-electron chi connectivity index (χ3n) is 5.83. The molecule has 0 bridgehead atoms. The number of nitrogens with one attached hydrogen (secondary N) is 2. The Labute approximate surface area is 198 Å². The summed E-state index contributed by atoms with van der Waals surface area (Å²) in [6.07, 6.45) is 2.35. The number of ether oxygens (including phenoxy) is 3. The largest absolute Gasteiger partial charge is 0.495 e. The van der Waals surface area contributed by atoms with Gasteiger partial charge in [-0.3, -0.25) is 4.79 Å². The van der Waals surface area contributed by atoms with Gasteiger partial charge in [-0.1, -0.05) is 48.5 Å². The maximum atomic E-state index is 13.6. The average Bonchev–Trinajstić information content (AvgIpc) is 3.29. The summed E-state index contributed by atoms with van der Waals surface area (Å²) in [4.78, 5) is 16.8. The highest BCUT2D eigenvalue weighted by Crippen LogP contribution is 2.44. The smallest absolute Gasteiger partial charge is 0.259 e. The SMILES string of the molecule is COc1cc(-c2ccccc2)c(OC)c(C(=O)N[C@@H](CO)Cc2c[nH]c3ccccc23)c1OC. The molecule has 0 radical (unpaired) electrons. The van der Waals surface area contributed by atoms with Crippen LogP contribution in [0.25, 0.3) is 22.0 Å². The molecule has 0 aliphatic heterocycles. The number of fused-ring (bicyclic) bond motifs is 1. The second kappa shape index (κ2) is 10.3. The average molecular weight is 461 g/mol. The van der Waals surface area contributed by atoms with Crippen molar-refractivity contribution in [1.29, 1.82) is 0 Å². The Balaban J connectivity index is 1.72. The number of aromatic nitrogens is 1. The van der Waals surface area contributed by atoms with Crippen LogP contribution < -0.4 is 19.5 Å². The van der Waals surface area contributed by atoms with Gasteiger partial charge in [-0.25, -0.2) is 0 Å². The van der Waals surface area contributed by atoms with Crippen LogP contribution >= 0.6 is 0 Å². The Kier molecular flexibility index (Phi) is 7.04. The molecule has 34 heavy (non-hydrogen) atoms. The number of hydrogen-bond acceptors (Lipinski definition) is 5. The van der Waals surface area contributed by atoms with Crippen LogP contribution in [-0.2, 0) is 6.42 Å². The van der Waals surface area contributed by atoms with Gasteiger partial charge >= 0.3 is 0 Å². The van der Waals surface area contributed by atoms with Gasteiger partial charge < -0.3 is 29.6 Å². The van der Waals surface area contributed by atoms with Gasteiger partial charge in [0.15, 0.2) is 11.5 Å². The Hall–Kier alpha value is -3.97. The highest BCUT2D eigenvalue weighted by atomic mass is 16.5. The number of carbonyl (C=O) groups is 1. The van der Waals surface area contributed by atoms with E-state index in [1.165, 1.54) is 21.3 Å². The summed E-state index contributed by atoms with van der Waals surface area (Å²) in [5.41, 5.74) is 3.78. The third kappa shape index (κ3) is 4.43. The molecule has 0 fully saturated rings. The molecule has 0 unspecified atom stereocenters. The highest BCUT2D eigenvalue weighted by molar-refractivity contribution is 6.03. The van der Waals surface area contributed by atoms with Crippen LogP contribution in [0, 0.1) is 0 Å². The number of hydrogen-bond donors (Lipinski definition) is 3. The summed E-state index contributed by atoms with van der Waals surface area (Å²) in [6, 6.07) is 18.8. The Bertz CT molecular complexity index is 1280.